The van der Waals surface area contributed by atoms with Crippen LogP contribution in [-0.2, 0) is 4.74 Å². The van der Waals surface area contributed by atoms with Gasteiger partial charge >= 0.3 is 5.97 Å². The van der Waals surface area contributed by atoms with Crippen molar-refractivity contribution in [1.29, 1.82) is 0 Å². The minimum atomic E-state index is -0.426. The van der Waals surface area contributed by atoms with E-state index >= 15 is 0 Å². The summed E-state index contributed by atoms with van der Waals surface area (Å²) in [6, 6.07) is 3.51. The molecule has 0 spiro atoms. The van der Waals surface area contributed by atoms with E-state index in [9.17, 15) is 4.79 Å². The highest BCUT2D eigenvalue weighted by Gasteiger charge is 2.16. The first kappa shape index (κ1) is 12.0. The summed E-state index contributed by atoms with van der Waals surface area (Å²) in [5, 5.41) is 1.13. The Morgan fingerprint density at radius 2 is 2.29 bits per heavy atom. The van der Waals surface area contributed by atoms with Crippen molar-refractivity contribution in [2.75, 3.05) is 7.11 Å². The molecule has 0 unspecified atom stereocenters. The summed E-state index contributed by atoms with van der Waals surface area (Å²) in [5.74, 6) is -0.426. The summed E-state index contributed by atoms with van der Waals surface area (Å²) >= 11 is 7.23. The van der Waals surface area contributed by atoms with Crippen LogP contribution in [0.1, 0.15) is 15.4 Å². The molecular weight excluding hydrogens is 260 g/mol. The number of aromatic nitrogens is 2. The van der Waals surface area contributed by atoms with Gasteiger partial charge in [-0.05, 0) is 19.1 Å². The van der Waals surface area contributed by atoms with Crippen LogP contribution in [0, 0.1) is 6.92 Å². The molecule has 0 aromatic carbocycles. The summed E-state index contributed by atoms with van der Waals surface area (Å²) < 4.78 is 4.66. The van der Waals surface area contributed by atoms with E-state index in [1.54, 1.807) is 18.3 Å². The van der Waals surface area contributed by atoms with Crippen LogP contribution in [0.2, 0.25) is 5.15 Å². The van der Waals surface area contributed by atoms with E-state index in [0.29, 0.717) is 10.8 Å². The average molecular weight is 269 g/mol. The molecule has 4 nitrogen and oxygen atoms in total. The molecule has 2 aromatic heterocycles. The predicted octanol–water partition coefficient (Wildman–Crippen LogP) is 2.95. The molecule has 2 aromatic rings. The monoisotopic (exact) mass is 268 g/mol. The van der Waals surface area contributed by atoms with Gasteiger partial charge in [-0.2, -0.15) is 0 Å². The molecule has 0 bridgehead atoms. The standard InChI is InChI=1S/C11H9ClN2O2S/c1-6-9(11(15)16-2)14-10(17-6)7-3-4-13-8(12)5-7/h3-5H,1-2H3. The number of methoxy groups -OCH3 is 1. The Morgan fingerprint density at radius 3 is 2.94 bits per heavy atom. The highest BCUT2D eigenvalue weighted by Crippen LogP contribution is 2.28. The molecule has 0 aliphatic rings. The second kappa shape index (κ2) is 4.81. The van der Waals surface area contributed by atoms with Crippen LogP contribution >= 0.6 is 22.9 Å². The van der Waals surface area contributed by atoms with E-state index in [1.165, 1.54) is 18.4 Å². The number of hydrogen-bond acceptors (Lipinski definition) is 5. The lowest BCUT2D eigenvalue weighted by molar-refractivity contribution is 0.0594. The first-order chi connectivity index (χ1) is 8.11. The van der Waals surface area contributed by atoms with E-state index in [2.05, 4.69) is 14.7 Å². The summed E-state index contributed by atoms with van der Waals surface area (Å²) in [6.45, 7) is 1.83. The molecule has 0 fully saturated rings. The average Bonchev–Trinajstić information content (AvgIpc) is 2.70. The first-order valence-electron chi connectivity index (χ1n) is 4.79. The maximum absolute atomic E-state index is 11.4. The van der Waals surface area contributed by atoms with Gasteiger partial charge in [-0.3, -0.25) is 0 Å². The Bertz CT molecular complexity index is 568. The van der Waals surface area contributed by atoms with Crippen LogP contribution in [0.3, 0.4) is 0 Å². The summed E-state index contributed by atoms with van der Waals surface area (Å²) in [6.07, 6.45) is 1.60. The normalized spacial score (nSPS) is 10.3. The number of esters is 1. The molecule has 0 amide bonds. The molecule has 17 heavy (non-hydrogen) atoms. The van der Waals surface area contributed by atoms with Gasteiger partial charge in [0.1, 0.15) is 10.2 Å². The maximum atomic E-state index is 11.4. The van der Waals surface area contributed by atoms with Crippen molar-refractivity contribution in [3.05, 3.63) is 34.1 Å². The largest absolute Gasteiger partial charge is 0.464 e. The van der Waals surface area contributed by atoms with Crippen molar-refractivity contribution in [3.63, 3.8) is 0 Å². The number of thiazole rings is 1. The fourth-order valence-electron chi connectivity index (χ4n) is 1.34. The quantitative estimate of drug-likeness (QED) is 0.621. The molecule has 2 heterocycles. The number of ether oxygens (including phenoxy) is 1. The van der Waals surface area contributed by atoms with Crippen molar-refractivity contribution in [2.45, 2.75) is 6.92 Å². The third-order valence-electron chi connectivity index (χ3n) is 2.15. The lowest BCUT2D eigenvalue weighted by Crippen LogP contribution is -2.03. The van der Waals surface area contributed by atoms with Crippen LogP contribution in [0.5, 0.6) is 0 Å². The van der Waals surface area contributed by atoms with E-state index in [4.69, 9.17) is 11.6 Å². The molecule has 6 heteroatoms. The van der Waals surface area contributed by atoms with Gasteiger partial charge in [0.15, 0.2) is 5.69 Å². The summed E-state index contributed by atoms with van der Waals surface area (Å²) in [5.41, 5.74) is 1.19. The Kier molecular flexibility index (Phi) is 3.40. The number of carbonyl (C=O) groups is 1. The molecule has 88 valence electrons. The molecule has 0 atom stereocenters. The minimum Gasteiger partial charge on any atom is -0.464 e. The molecule has 0 saturated heterocycles. The lowest BCUT2D eigenvalue weighted by atomic mass is 10.3. The van der Waals surface area contributed by atoms with Crippen molar-refractivity contribution in [3.8, 4) is 10.6 Å². The highest BCUT2D eigenvalue weighted by molar-refractivity contribution is 7.15. The van der Waals surface area contributed by atoms with Gasteiger partial charge in [0.05, 0.1) is 7.11 Å². The number of halogens is 1. The van der Waals surface area contributed by atoms with Crippen LogP contribution in [0.4, 0.5) is 0 Å². The van der Waals surface area contributed by atoms with Gasteiger partial charge in [-0.15, -0.1) is 11.3 Å². The predicted molar refractivity (Wildman–Crippen MR) is 66.4 cm³/mol. The molecule has 0 radical (unpaired) electrons. The molecule has 0 N–H and O–H groups in total. The van der Waals surface area contributed by atoms with Gasteiger partial charge < -0.3 is 4.74 Å². The lowest BCUT2D eigenvalue weighted by Gasteiger charge is -1.95. The Labute approximate surface area is 107 Å². The fourth-order valence-corrected chi connectivity index (χ4v) is 2.41. The topological polar surface area (TPSA) is 52.1 Å². The van der Waals surface area contributed by atoms with Gasteiger partial charge in [0, 0.05) is 16.6 Å². The van der Waals surface area contributed by atoms with Gasteiger partial charge in [-0.25, -0.2) is 14.8 Å². The Morgan fingerprint density at radius 1 is 1.53 bits per heavy atom. The number of nitrogens with zero attached hydrogens (tertiary/aromatic N) is 2. The van der Waals surface area contributed by atoms with E-state index in [0.717, 1.165) is 15.4 Å². The van der Waals surface area contributed by atoms with Crippen molar-refractivity contribution in [1.82, 2.24) is 9.97 Å². The third-order valence-corrected chi connectivity index (χ3v) is 3.38. The fraction of sp³-hybridized carbons (Fsp3) is 0.182. The van der Waals surface area contributed by atoms with Crippen LogP contribution in [0.25, 0.3) is 10.6 Å². The zero-order valence-corrected chi connectivity index (χ0v) is 10.8. The summed E-state index contributed by atoms with van der Waals surface area (Å²) in [4.78, 5) is 20.4. The third kappa shape index (κ3) is 2.45. The van der Waals surface area contributed by atoms with E-state index < -0.39 is 5.97 Å². The Balaban J connectivity index is 2.44. The number of hydrogen-bond donors (Lipinski definition) is 0. The van der Waals surface area contributed by atoms with Crippen molar-refractivity contribution >= 4 is 28.9 Å². The second-order valence-corrected chi connectivity index (χ2v) is 4.87. The second-order valence-electron chi connectivity index (χ2n) is 3.28. The number of carbonyl (C=O) groups excluding carboxylic acids is 1. The van der Waals surface area contributed by atoms with Crippen LogP contribution in [0.15, 0.2) is 18.3 Å². The smallest absolute Gasteiger partial charge is 0.357 e. The van der Waals surface area contributed by atoms with Gasteiger partial charge in [0.25, 0.3) is 0 Å². The van der Waals surface area contributed by atoms with E-state index in [1.807, 2.05) is 6.92 Å². The van der Waals surface area contributed by atoms with Gasteiger partial charge in [0.2, 0.25) is 0 Å². The highest BCUT2D eigenvalue weighted by atomic mass is 35.5. The van der Waals surface area contributed by atoms with Crippen molar-refractivity contribution in [2.24, 2.45) is 0 Å². The van der Waals surface area contributed by atoms with Crippen LogP contribution in [-0.4, -0.2) is 23.0 Å². The molecule has 2 rings (SSSR count). The number of pyridine rings is 1. The van der Waals surface area contributed by atoms with Gasteiger partial charge in [-0.1, -0.05) is 11.6 Å². The molecular formula is C11H9ClN2O2S. The zero-order chi connectivity index (χ0) is 12.4. The molecule has 0 saturated carbocycles. The van der Waals surface area contributed by atoms with E-state index in [-0.39, 0.29) is 0 Å². The Hall–Kier alpha value is -1.46. The minimum absolute atomic E-state index is 0.348. The summed E-state index contributed by atoms with van der Waals surface area (Å²) in [7, 11) is 1.34. The van der Waals surface area contributed by atoms with Crippen molar-refractivity contribution < 1.29 is 9.53 Å². The molecule has 0 aliphatic carbocycles. The maximum Gasteiger partial charge on any atom is 0.357 e. The molecule has 0 aliphatic heterocycles. The number of rotatable bonds is 2. The SMILES string of the molecule is COC(=O)c1nc(-c2ccnc(Cl)c2)sc1C. The zero-order valence-electron chi connectivity index (χ0n) is 9.23. The number of aryl methyl sites for hydroxylation is 1. The first-order valence-corrected chi connectivity index (χ1v) is 5.99. The van der Waals surface area contributed by atoms with Crippen LogP contribution < -0.4 is 0 Å².